The molecule has 1 amide bonds. The maximum Gasteiger partial charge on any atom is 0.241 e. The summed E-state index contributed by atoms with van der Waals surface area (Å²) < 4.78 is 1.83. The SMILES string of the molecule is Nc1nc(-c2cn3ccnc3cn2)nc2c1C(c1ccc(Cl)cc1)(C1CC1)C(=O)N2. The molecule has 1 aromatic carbocycles. The molecular formula is C21H16ClN7O. The van der Waals surface area contributed by atoms with Crippen molar-refractivity contribution in [2.75, 3.05) is 11.1 Å². The van der Waals surface area contributed by atoms with Crippen LogP contribution in [0, 0.1) is 5.92 Å². The number of rotatable bonds is 3. The van der Waals surface area contributed by atoms with Gasteiger partial charge in [0.05, 0.1) is 11.8 Å². The molecule has 8 nitrogen and oxygen atoms in total. The van der Waals surface area contributed by atoms with E-state index >= 15 is 0 Å². The van der Waals surface area contributed by atoms with Gasteiger partial charge in [0.15, 0.2) is 11.5 Å². The molecule has 3 N–H and O–H groups in total. The van der Waals surface area contributed by atoms with Gasteiger partial charge in [0.25, 0.3) is 0 Å². The number of anilines is 2. The van der Waals surface area contributed by atoms with Crippen LogP contribution in [0.4, 0.5) is 11.6 Å². The highest BCUT2D eigenvalue weighted by Gasteiger charge is 2.59. The standard InChI is InChI=1S/C21H16ClN7O/c22-13-5-3-12(4-6-13)21(11-1-2-11)16-17(23)26-18(27-19(16)28-20(21)30)14-10-29-8-7-24-15(29)9-25-14/h3-11H,1-2H2,(H3,23,26,27,28,30). The van der Waals surface area contributed by atoms with Gasteiger partial charge >= 0.3 is 0 Å². The summed E-state index contributed by atoms with van der Waals surface area (Å²) in [6.45, 7) is 0. The van der Waals surface area contributed by atoms with Gasteiger partial charge in [0, 0.05) is 23.6 Å². The van der Waals surface area contributed by atoms with E-state index < -0.39 is 5.41 Å². The van der Waals surface area contributed by atoms with E-state index in [1.165, 1.54) is 0 Å². The molecule has 30 heavy (non-hydrogen) atoms. The minimum atomic E-state index is -0.899. The van der Waals surface area contributed by atoms with E-state index in [9.17, 15) is 4.79 Å². The third kappa shape index (κ3) is 2.31. The Bertz CT molecular complexity index is 1330. The van der Waals surface area contributed by atoms with Crippen molar-refractivity contribution in [3.63, 3.8) is 0 Å². The van der Waals surface area contributed by atoms with Crippen molar-refractivity contribution in [2.24, 2.45) is 5.92 Å². The second-order valence-corrected chi connectivity index (χ2v) is 8.10. The zero-order valence-corrected chi connectivity index (χ0v) is 16.5. The van der Waals surface area contributed by atoms with Crippen molar-refractivity contribution in [1.82, 2.24) is 24.3 Å². The van der Waals surface area contributed by atoms with Gasteiger partial charge in [0.2, 0.25) is 5.91 Å². The molecule has 1 fully saturated rings. The number of fused-ring (bicyclic) bond motifs is 2. The van der Waals surface area contributed by atoms with Gasteiger partial charge in [-0.1, -0.05) is 23.7 Å². The quantitative estimate of drug-likeness (QED) is 0.530. The van der Waals surface area contributed by atoms with Gasteiger partial charge in [0.1, 0.15) is 22.7 Å². The van der Waals surface area contributed by atoms with E-state index in [0.29, 0.717) is 27.9 Å². The lowest BCUT2D eigenvalue weighted by molar-refractivity contribution is -0.120. The maximum absolute atomic E-state index is 13.4. The van der Waals surface area contributed by atoms with Crippen molar-refractivity contribution in [2.45, 2.75) is 18.3 Å². The van der Waals surface area contributed by atoms with Crippen LogP contribution in [0.3, 0.4) is 0 Å². The van der Waals surface area contributed by atoms with Crippen LogP contribution in [0.15, 0.2) is 49.1 Å². The lowest BCUT2D eigenvalue weighted by Crippen LogP contribution is -2.38. The van der Waals surface area contributed by atoms with Crippen LogP contribution < -0.4 is 11.1 Å². The summed E-state index contributed by atoms with van der Waals surface area (Å²) in [4.78, 5) is 31.1. The van der Waals surface area contributed by atoms with E-state index in [1.54, 1.807) is 30.7 Å². The van der Waals surface area contributed by atoms with Gasteiger partial charge in [-0.2, -0.15) is 0 Å². The predicted molar refractivity (Wildman–Crippen MR) is 112 cm³/mol. The molecule has 6 rings (SSSR count). The molecule has 3 aromatic heterocycles. The van der Waals surface area contributed by atoms with Crippen LogP contribution in [-0.4, -0.2) is 30.2 Å². The van der Waals surface area contributed by atoms with Crippen LogP contribution in [0.5, 0.6) is 0 Å². The minimum Gasteiger partial charge on any atom is -0.383 e. The van der Waals surface area contributed by atoms with E-state index in [4.69, 9.17) is 17.3 Å². The van der Waals surface area contributed by atoms with Crippen molar-refractivity contribution >= 4 is 34.8 Å². The summed E-state index contributed by atoms with van der Waals surface area (Å²) in [5, 5.41) is 3.57. The third-order valence-electron chi connectivity index (χ3n) is 5.92. The number of hydrogen-bond acceptors (Lipinski definition) is 6. The normalized spacial score (nSPS) is 20.4. The molecule has 4 aromatic rings. The van der Waals surface area contributed by atoms with Crippen LogP contribution in [0.1, 0.15) is 24.0 Å². The Kier molecular flexibility index (Phi) is 3.47. The first kappa shape index (κ1) is 17.3. The molecule has 1 unspecified atom stereocenters. The van der Waals surface area contributed by atoms with Gasteiger partial charge in [-0.3, -0.25) is 4.79 Å². The summed E-state index contributed by atoms with van der Waals surface area (Å²) in [6, 6.07) is 7.36. The maximum atomic E-state index is 13.4. The van der Waals surface area contributed by atoms with Crippen LogP contribution in [-0.2, 0) is 10.2 Å². The third-order valence-corrected chi connectivity index (χ3v) is 6.17. The summed E-state index contributed by atoms with van der Waals surface area (Å²) in [5.74, 6) is 1.10. The van der Waals surface area contributed by atoms with Crippen molar-refractivity contribution in [3.8, 4) is 11.5 Å². The Balaban J connectivity index is 1.54. The second kappa shape index (κ2) is 5.99. The highest BCUT2D eigenvalue weighted by Crippen LogP contribution is 2.57. The van der Waals surface area contributed by atoms with Crippen LogP contribution in [0.2, 0.25) is 5.02 Å². The fourth-order valence-corrected chi connectivity index (χ4v) is 4.59. The molecule has 0 radical (unpaired) electrons. The minimum absolute atomic E-state index is 0.126. The smallest absolute Gasteiger partial charge is 0.241 e. The molecule has 0 bridgehead atoms. The van der Waals surface area contributed by atoms with E-state index in [-0.39, 0.29) is 17.6 Å². The number of nitrogens with two attached hydrogens (primary N) is 1. The zero-order valence-electron chi connectivity index (χ0n) is 15.7. The topological polar surface area (TPSA) is 111 Å². The van der Waals surface area contributed by atoms with Crippen LogP contribution >= 0.6 is 11.6 Å². The Morgan fingerprint density at radius 1 is 1.17 bits per heavy atom. The van der Waals surface area contributed by atoms with Gasteiger partial charge in [-0.25, -0.2) is 19.9 Å². The molecule has 0 spiro atoms. The van der Waals surface area contributed by atoms with E-state index in [0.717, 1.165) is 24.1 Å². The Labute approximate surface area is 176 Å². The number of nitrogen functional groups attached to an aromatic ring is 1. The van der Waals surface area contributed by atoms with Gasteiger partial charge < -0.3 is 15.5 Å². The average molecular weight is 418 g/mol. The number of benzene rings is 1. The first-order chi connectivity index (χ1) is 14.6. The number of carbonyl (C=O) groups excluding carboxylic acids is 1. The zero-order chi connectivity index (χ0) is 20.5. The van der Waals surface area contributed by atoms with Gasteiger partial charge in [-0.05, 0) is 36.5 Å². The van der Waals surface area contributed by atoms with Crippen LogP contribution in [0.25, 0.3) is 17.2 Å². The average Bonchev–Trinajstić information content (AvgIpc) is 3.39. The number of carbonyl (C=O) groups is 1. The second-order valence-electron chi connectivity index (χ2n) is 7.66. The van der Waals surface area contributed by atoms with E-state index in [1.807, 2.05) is 22.7 Å². The fourth-order valence-electron chi connectivity index (χ4n) is 4.46. The van der Waals surface area contributed by atoms with Crippen molar-refractivity contribution in [1.29, 1.82) is 0 Å². The molecule has 0 saturated heterocycles. The number of hydrogen-bond donors (Lipinski definition) is 2. The Hall–Kier alpha value is -3.52. The highest BCUT2D eigenvalue weighted by atomic mass is 35.5. The monoisotopic (exact) mass is 417 g/mol. The number of nitrogens with one attached hydrogen (secondary N) is 1. The lowest BCUT2D eigenvalue weighted by Gasteiger charge is -2.28. The molecular weight excluding hydrogens is 402 g/mol. The van der Waals surface area contributed by atoms with Gasteiger partial charge in [-0.15, -0.1) is 0 Å². The van der Waals surface area contributed by atoms with Crippen molar-refractivity contribution < 1.29 is 4.79 Å². The molecule has 1 aliphatic carbocycles. The number of halogens is 1. The molecule has 4 heterocycles. The molecule has 9 heteroatoms. The summed E-state index contributed by atoms with van der Waals surface area (Å²) >= 11 is 6.09. The molecule has 1 atom stereocenters. The first-order valence-electron chi connectivity index (χ1n) is 9.62. The largest absolute Gasteiger partial charge is 0.383 e. The number of amides is 1. The first-order valence-corrected chi connectivity index (χ1v) is 10.00. The summed E-state index contributed by atoms with van der Waals surface area (Å²) in [7, 11) is 0. The fraction of sp³-hybridized carbons (Fsp3) is 0.190. The Morgan fingerprint density at radius 3 is 2.73 bits per heavy atom. The molecule has 148 valence electrons. The summed E-state index contributed by atoms with van der Waals surface area (Å²) in [5.41, 5.74) is 8.32. The summed E-state index contributed by atoms with van der Waals surface area (Å²) in [6.07, 6.45) is 8.81. The van der Waals surface area contributed by atoms with E-state index in [2.05, 4.69) is 25.3 Å². The Morgan fingerprint density at radius 2 is 1.97 bits per heavy atom. The van der Waals surface area contributed by atoms with Crippen molar-refractivity contribution in [3.05, 3.63) is 65.2 Å². The predicted octanol–water partition coefficient (Wildman–Crippen LogP) is 3.07. The number of aromatic nitrogens is 5. The number of imidazole rings is 1. The molecule has 1 saturated carbocycles. The highest BCUT2D eigenvalue weighted by molar-refractivity contribution is 6.30. The molecule has 2 aliphatic rings. The number of nitrogens with zero attached hydrogens (tertiary/aromatic N) is 5. The molecule has 1 aliphatic heterocycles. The lowest BCUT2D eigenvalue weighted by atomic mass is 9.72.